The first-order valence-electron chi connectivity index (χ1n) is 6.84. The van der Waals surface area contributed by atoms with Gasteiger partial charge in [-0.25, -0.2) is 18.1 Å². The highest BCUT2D eigenvalue weighted by Crippen LogP contribution is 2.25. The van der Waals surface area contributed by atoms with E-state index < -0.39 is 10.0 Å². The molecular formula is C13H17N3O2S3. The van der Waals surface area contributed by atoms with Crippen molar-refractivity contribution >= 4 is 37.8 Å². The maximum Gasteiger partial charge on any atom is 0.250 e. The van der Waals surface area contributed by atoms with Gasteiger partial charge in [-0.05, 0) is 25.0 Å². The van der Waals surface area contributed by atoms with Gasteiger partial charge >= 0.3 is 0 Å². The van der Waals surface area contributed by atoms with Crippen LogP contribution in [0.15, 0.2) is 27.9 Å². The molecule has 1 aliphatic rings. The van der Waals surface area contributed by atoms with Crippen molar-refractivity contribution in [2.24, 2.45) is 0 Å². The second kappa shape index (κ2) is 6.04. The number of aromatic nitrogens is 1. The van der Waals surface area contributed by atoms with E-state index >= 15 is 0 Å². The Bertz CT molecular complexity index is 694. The molecule has 1 aliphatic heterocycles. The summed E-state index contributed by atoms with van der Waals surface area (Å²) in [5.74, 6) is 0. The summed E-state index contributed by atoms with van der Waals surface area (Å²) in [6, 6.07) is 3.53. The molecule has 0 aliphatic carbocycles. The fourth-order valence-corrected chi connectivity index (χ4v) is 5.63. The topological polar surface area (TPSA) is 62.3 Å². The van der Waals surface area contributed by atoms with Gasteiger partial charge in [0.05, 0.1) is 0 Å². The molecule has 21 heavy (non-hydrogen) atoms. The van der Waals surface area contributed by atoms with Gasteiger partial charge in [0.15, 0.2) is 5.13 Å². The molecule has 1 atom stereocenters. The number of sulfonamides is 1. The van der Waals surface area contributed by atoms with Crippen molar-refractivity contribution in [3.8, 4) is 0 Å². The minimum absolute atomic E-state index is 0.0499. The van der Waals surface area contributed by atoms with Crippen molar-refractivity contribution in [3.05, 3.63) is 28.6 Å². The predicted molar refractivity (Wildman–Crippen MR) is 86.8 cm³/mol. The zero-order chi connectivity index (χ0) is 14.9. The van der Waals surface area contributed by atoms with Crippen LogP contribution in [0.4, 0.5) is 5.13 Å². The third-order valence-electron chi connectivity index (χ3n) is 3.45. The molecule has 0 radical (unpaired) electrons. The van der Waals surface area contributed by atoms with Crippen molar-refractivity contribution in [2.45, 2.75) is 30.0 Å². The quantitative estimate of drug-likeness (QED) is 0.905. The van der Waals surface area contributed by atoms with E-state index in [1.165, 1.54) is 11.3 Å². The molecular weight excluding hydrogens is 326 g/mol. The van der Waals surface area contributed by atoms with Gasteiger partial charge in [0, 0.05) is 35.6 Å². The number of aryl methyl sites for hydroxylation is 1. The number of hydrogen-bond donors (Lipinski definition) is 1. The number of nitrogens with one attached hydrogen (secondary N) is 1. The molecule has 1 N–H and O–H groups in total. The molecule has 3 heterocycles. The van der Waals surface area contributed by atoms with E-state index in [1.807, 2.05) is 18.4 Å². The zero-order valence-corrected chi connectivity index (χ0v) is 14.1. The van der Waals surface area contributed by atoms with E-state index in [2.05, 4.69) is 14.6 Å². The lowest BCUT2D eigenvalue weighted by Gasteiger charge is -2.15. The standard InChI is InChI=1S/C13H17N3O2S3/c1-2-11-3-4-12(20-11)21(17,18)15-10-5-7-16(9-10)13-14-6-8-19-13/h3-4,6,8,10,15H,2,5,7,9H2,1H3. The molecule has 2 aromatic heterocycles. The molecule has 1 saturated heterocycles. The summed E-state index contributed by atoms with van der Waals surface area (Å²) in [7, 11) is -3.40. The molecule has 0 aromatic carbocycles. The summed E-state index contributed by atoms with van der Waals surface area (Å²) >= 11 is 2.93. The maximum atomic E-state index is 12.4. The van der Waals surface area contributed by atoms with Gasteiger partial charge in [0.1, 0.15) is 4.21 Å². The molecule has 0 amide bonds. The summed E-state index contributed by atoms with van der Waals surface area (Å²) in [5, 5.41) is 2.89. The second-order valence-corrected chi connectivity index (χ2v) is 8.92. The Morgan fingerprint density at radius 2 is 2.33 bits per heavy atom. The average molecular weight is 343 g/mol. The van der Waals surface area contributed by atoms with Gasteiger partial charge < -0.3 is 4.90 Å². The first kappa shape index (κ1) is 15.0. The molecule has 2 aromatic rings. The molecule has 0 spiro atoms. The number of thiazole rings is 1. The van der Waals surface area contributed by atoms with Crippen LogP contribution in [0.1, 0.15) is 18.2 Å². The lowest BCUT2D eigenvalue weighted by Crippen LogP contribution is -2.36. The lowest BCUT2D eigenvalue weighted by molar-refractivity contribution is 0.563. The van der Waals surface area contributed by atoms with Crippen LogP contribution in [0, 0.1) is 0 Å². The van der Waals surface area contributed by atoms with E-state index in [1.54, 1.807) is 23.6 Å². The highest BCUT2D eigenvalue weighted by molar-refractivity contribution is 7.91. The second-order valence-electron chi connectivity index (χ2n) is 4.94. The Labute approximate surface area is 132 Å². The highest BCUT2D eigenvalue weighted by atomic mass is 32.2. The summed E-state index contributed by atoms with van der Waals surface area (Å²) in [6.07, 6.45) is 3.45. The summed E-state index contributed by atoms with van der Waals surface area (Å²) in [6.45, 7) is 3.54. The SMILES string of the molecule is CCc1ccc(S(=O)(=O)NC2CCN(c3nccs3)C2)s1. The van der Waals surface area contributed by atoms with Crippen LogP contribution in [0.3, 0.4) is 0 Å². The normalized spacial score (nSPS) is 19.3. The van der Waals surface area contributed by atoms with Crippen LogP contribution in [-0.2, 0) is 16.4 Å². The molecule has 1 fully saturated rings. The monoisotopic (exact) mass is 343 g/mol. The van der Waals surface area contributed by atoms with Gasteiger partial charge in [-0.2, -0.15) is 0 Å². The average Bonchev–Trinajstić information content (AvgIpc) is 3.19. The van der Waals surface area contributed by atoms with E-state index in [0.717, 1.165) is 29.4 Å². The number of rotatable bonds is 5. The van der Waals surface area contributed by atoms with Crippen molar-refractivity contribution in [1.29, 1.82) is 0 Å². The molecule has 0 saturated carbocycles. The summed E-state index contributed by atoms with van der Waals surface area (Å²) < 4.78 is 28.0. The Hall–Kier alpha value is -0.960. The lowest BCUT2D eigenvalue weighted by atomic mass is 10.3. The molecule has 5 nitrogen and oxygen atoms in total. The van der Waals surface area contributed by atoms with Crippen LogP contribution in [0.25, 0.3) is 0 Å². The fourth-order valence-electron chi connectivity index (χ4n) is 2.37. The van der Waals surface area contributed by atoms with Crippen molar-refractivity contribution in [1.82, 2.24) is 9.71 Å². The Kier molecular flexibility index (Phi) is 4.30. The van der Waals surface area contributed by atoms with Crippen LogP contribution >= 0.6 is 22.7 Å². The van der Waals surface area contributed by atoms with E-state index in [0.29, 0.717) is 10.8 Å². The van der Waals surface area contributed by atoms with E-state index in [-0.39, 0.29) is 6.04 Å². The van der Waals surface area contributed by atoms with Gasteiger partial charge in [0.2, 0.25) is 10.0 Å². The smallest absolute Gasteiger partial charge is 0.250 e. The number of nitrogens with zero attached hydrogens (tertiary/aromatic N) is 2. The fraction of sp³-hybridized carbons (Fsp3) is 0.462. The first-order chi connectivity index (χ1) is 10.1. The van der Waals surface area contributed by atoms with E-state index in [9.17, 15) is 8.42 Å². The third kappa shape index (κ3) is 3.28. The number of anilines is 1. The van der Waals surface area contributed by atoms with Crippen LogP contribution in [0.2, 0.25) is 0 Å². The Morgan fingerprint density at radius 3 is 3.00 bits per heavy atom. The van der Waals surface area contributed by atoms with Crippen LogP contribution < -0.4 is 9.62 Å². The molecule has 114 valence electrons. The third-order valence-corrected chi connectivity index (χ3v) is 7.52. The van der Waals surface area contributed by atoms with Gasteiger partial charge in [-0.1, -0.05) is 6.92 Å². The molecule has 1 unspecified atom stereocenters. The first-order valence-corrected chi connectivity index (χ1v) is 10.0. The Balaban J connectivity index is 1.66. The number of thiophene rings is 1. The van der Waals surface area contributed by atoms with Gasteiger partial charge in [-0.15, -0.1) is 22.7 Å². The molecule has 8 heteroatoms. The van der Waals surface area contributed by atoms with Gasteiger partial charge in [0.25, 0.3) is 0 Å². The van der Waals surface area contributed by atoms with Crippen LogP contribution in [0.5, 0.6) is 0 Å². The van der Waals surface area contributed by atoms with Gasteiger partial charge in [-0.3, -0.25) is 0 Å². The van der Waals surface area contributed by atoms with Crippen molar-refractivity contribution < 1.29 is 8.42 Å². The van der Waals surface area contributed by atoms with Crippen molar-refractivity contribution in [2.75, 3.05) is 18.0 Å². The summed E-state index contributed by atoms with van der Waals surface area (Å²) in [5.41, 5.74) is 0. The minimum atomic E-state index is -3.40. The maximum absolute atomic E-state index is 12.4. The van der Waals surface area contributed by atoms with Crippen molar-refractivity contribution in [3.63, 3.8) is 0 Å². The highest BCUT2D eigenvalue weighted by Gasteiger charge is 2.29. The molecule has 3 rings (SSSR count). The largest absolute Gasteiger partial charge is 0.346 e. The minimum Gasteiger partial charge on any atom is -0.346 e. The zero-order valence-electron chi connectivity index (χ0n) is 11.7. The summed E-state index contributed by atoms with van der Waals surface area (Å²) in [4.78, 5) is 7.49. The number of hydrogen-bond acceptors (Lipinski definition) is 6. The Morgan fingerprint density at radius 1 is 1.48 bits per heavy atom. The van der Waals surface area contributed by atoms with E-state index in [4.69, 9.17) is 0 Å². The predicted octanol–water partition coefficient (Wildman–Crippen LogP) is 2.32. The van der Waals surface area contributed by atoms with Crippen LogP contribution in [-0.4, -0.2) is 32.5 Å². The molecule has 0 bridgehead atoms.